The van der Waals surface area contributed by atoms with E-state index < -0.39 is 0 Å². The van der Waals surface area contributed by atoms with Crippen LogP contribution in [-0.4, -0.2) is 35.4 Å². The number of thiazole rings is 1. The first kappa shape index (κ1) is 13.8. The van der Waals surface area contributed by atoms with Crippen LogP contribution >= 0.6 is 11.3 Å². The van der Waals surface area contributed by atoms with Crippen molar-refractivity contribution >= 4 is 22.4 Å². The van der Waals surface area contributed by atoms with Gasteiger partial charge < -0.3 is 9.80 Å². The summed E-state index contributed by atoms with van der Waals surface area (Å²) in [5.41, 5.74) is 1.26. The molecule has 2 aromatic rings. The number of carbonyl (C=O) groups excluding carboxylic acids is 1. The predicted octanol–water partition coefficient (Wildman–Crippen LogP) is 2.80. The zero-order valence-electron chi connectivity index (χ0n) is 12.6. The number of aromatic nitrogens is 1. The second-order valence-corrected chi connectivity index (χ2v) is 7.04. The lowest BCUT2D eigenvalue weighted by atomic mass is 9.89. The fourth-order valence-corrected chi connectivity index (χ4v) is 4.64. The third-order valence-corrected chi connectivity index (χ3v) is 5.73. The van der Waals surface area contributed by atoms with Gasteiger partial charge in [-0.15, -0.1) is 11.3 Å². The Morgan fingerprint density at radius 3 is 2.73 bits per heavy atom. The van der Waals surface area contributed by atoms with Crippen LogP contribution in [0.1, 0.15) is 18.5 Å². The van der Waals surface area contributed by atoms with E-state index in [1.807, 2.05) is 17.6 Å². The molecule has 1 amide bonds. The Balaban J connectivity index is 1.64. The first-order valence-electron chi connectivity index (χ1n) is 7.70. The molecule has 0 saturated carbocycles. The summed E-state index contributed by atoms with van der Waals surface area (Å²) in [7, 11) is 0. The second-order valence-electron chi connectivity index (χ2n) is 6.17. The molecule has 0 aliphatic carbocycles. The van der Waals surface area contributed by atoms with Gasteiger partial charge in [-0.1, -0.05) is 30.3 Å². The molecule has 2 fully saturated rings. The number of fused-ring (bicyclic) bond motifs is 1. The minimum absolute atomic E-state index is 0.184. The van der Waals surface area contributed by atoms with Gasteiger partial charge in [0, 0.05) is 50.0 Å². The van der Waals surface area contributed by atoms with Crippen molar-refractivity contribution in [3.05, 3.63) is 47.5 Å². The summed E-state index contributed by atoms with van der Waals surface area (Å²) in [6, 6.07) is 10.7. The van der Waals surface area contributed by atoms with Gasteiger partial charge >= 0.3 is 0 Å². The molecule has 0 bridgehead atoms. The van der Waals surface area contributed by atoms with Crippen LogP contribution in [0.2, 0.25) is 0 Å². The van der Waals surface area contributed by atoms with Crippen molar-refractivity contribution in [3.8, 4) is 0 Å². The monoisotopic (exact) mass is 313 g/mol. The SMILES string of the molecule is CC(=O)N1C[C@H]2CN(c3nccs3)C[C@H]2[C@H]1c1ccccc1. The van der Waals surface area contributed by atoms with E-state index in [2.05, 4.69) is 39.0 Å². The van der Waals surface area contributed by atoms with E-state index in [-0.39, 0.29) is 11.9 Å². The molecular formula is C17H19N3OS. The van der Waals surface area contributed by atoms with Gasteiger partial charge in [-0.3, -0.25) is 4.79 Å². The Morgan fingerprint density at radius 1 is 1.23 bits per heavy atom. The molecule has 5 heteroatoms. The minimum Gasteiger partial charge on any atom is -0.347 e. The summed E-state index contributed by atoms with van der Waals surface area (Å²) in [6.45, 7) is 4.55. The maximum Gasteiger partial charge on any atom is 0.219 e. The van der Waals surface area contributed by atoms with Crippen LogP contribution in [0.3, 0.4) is 0 Å². The number of likely N-dealkylation sites (tertiary alicyclic amines) is 1. The summed E-state index contributed by atoms with van der Waals surface area (Å²) in [4.78, 5) is 21.0. The van der Waals surface area contributed by atoms with Gasteiger partial charge in [0.05, 0.1) is 6.04 Å². The first-order chi connectivity index (χ1) is 10.7. The summed E-state index contributed by atoms with van der Waals surface area (Å²) in [5.74, 6) is 1.22. The number of nitrogens with zero attached hydrogens (tertiary/aromatic N) is 3. The molecule has 2 aliphatic heterocycles. The van der Waals surface area contributed by atoms with Crippen LogP contribution in [0.25, 0.3) is 0 Å². The standard InChI is InChI=1S/C17H19N3OS/c1-12(21)20-10-14-9-19(17-18-7-8-22-17)11-15(14)16(20)13-5-3-2-4-6-13/h2-8,14-16H,9-11H2,1H3/t14-,15-,16-/m1/s1. The number of hydrogen-bond acceptors (Lipinski definition) is 4. The summed E-state index contributed by atoms with van der Waals surface area (Å²) in [6.07, 6.45) is 1.87. The van der Waals surface area contributed by atoms with Crippen LogP contribution in [0.15, 0.2) is 41.9 Å². The molecule has 0 radical (unpaired) electrons. The molecule has 22 heavy (non-hydrogen) atoms. The minimum atomic E-state index is 0.184. The van der Waals surface area contributed by atoms with Crippen LogP contribution in [0.5, 0.6) is 0 Å². The Labute approximate surface area is 134 Å². The molecule has 0 spiro atoms. The smallest absolute Gasteiger partial charge is 0.219 e. The number of rotatable bonds is 2. The van der Waals surface area contributed by atoms with Crippen molar-refractivity contribution in [1.29, 1.82) is 0 Å². The Bertz CT molecular complexity index is 658. The van der Waals surface area contributed by atoms with Crippen molar-refractivity contribution in [3.63, 3.8) is 0 Å². The molecular weight excluding hydrogens is 294 g/mol. The third-order valence-electron chi connectivity index (χ3n) is 4.90. The zero-order chi connectivity index (χ0) is 15.1. The average molecular weight is 313 g/mol. The Morgan fingerprint density at radius 2 is 2.05 bits per heavy atom. The lowest BCUT2D eigenvalue weighted by molar-refractivity contribution is -0.130. The van der Waals surface area contributed by atoms with Gasteiger partial charge in [0.1, 0.15) is 0 Å². The van der Waals surface area contributed by atoms with Crippen LogP contribution in [0, 0.1) is 11.8 Å². The van der Waals surface area contributed by atoms with E-state index >= 15 is 0 Å². The number of carbonyl (C=O) groups is 1. The molecule has 4 rings (SSSR count). The maximum absolute atomic E-state index is 12.1. The highest BCUT2D eigenvalue weighted by atomic mass is 32.1. The summed E-state index contributed by atoms with van der Waals surface area (Å²) < 4.78 is 0. The number of amides is 1. The van der Waals surface area contributed by atoms with Crippen molar-refractivity contribution in [2.75, 3.05) is 24.5 Å². The largest absolute Gasteiger partial charge is 0.347 e. The van der Waals surface area contributed by atoms with E-state index in [4.69, 9.17) is 0 Å². The van der Waals surface area contributed by atoms with Gasteiger partial charge in [-0.2, -0.15) is 0 Å². The number of benzene rings is 1. The van der Waals surface area contributed by atoms with Gasteiger partial charge in [-0.05, 0) is 5.56 Å². The van der Waals surface area contributed by atoms with E-state index in [1.54, 1.807) is 18.3 Å². The molecule has 2 saturated heterocycles. The molecule has 1 aromatic carbocycles. The highest BCUT2D eigenvalue weighted by molar-refractivity contribution is 7.13. The molecule has 3 atom stereocenters. The lowest BCUT2D eigenvalue weighted by Gasteiger charge is -2.29. The number of anilines is 1. The normalized spacial score (nSPS) is 27.2. The van der Waals surface area contributed by atoms with Crippen LogP contribution < -0.4 is 4.90 Å². The molecule has 114 valence electrons. The van der Waals surface area contributed by atoms with E-state index in [0.29, 0.717) is 11.8 Å². The Kier molecular flexibility index (Phi) is 3.37. The van der Waals surface area contributed by atoms with E-state index in [0.717, 1.165) is 24.8 Å². The average Bonchev–Trinajstić information content (AvgIpc) is 3.22. The van der Waals surface area contributed by atoms with Gasteiger partial charge in [0.25, 0.3) is 0 Å². The summed E-state index contributed by atoms with van der Waals surface area (Å²) >= 11 is 1.70. The van der Waals surface area contributed by atoms with E-state index in [1.165, 1.54) is 5.56 Å². The van der Waals surface area contributed by atoms with Crippen LogP contribution in [-0.2, 0) is 4.79 Å². The fraction of sp³-hybridized carbons (Fsp3) is 0.412. The first-order valence-corrected chi connectivity index (χ1v) is 8.58. The van der Waals surface area contributed by atoms with Gasteiger partial charge in [0.2, 0.25) is 5.91 Å². The van der Waals surface area contributed by atoms with Crippen molar-refractivity contribution in [2.45, 2.75) is 13.0 Å². The molecule has 2 aliphatic rings. The van der Waals surface area contributed by atoms with Crippen LogP contribution in [0.4, 0.5) is 5.13 Å². The quantitative estimate of drug-likeness (QED) is 0.855. The summed E-state index contributed by atoms with van der Waals surface area (Å²) in [5, 5.41) is 3.13. The second kappa shape index (κ2) is 5.39. The number of hydrogen-bond donors (Lipinski definition) is 0. The lowest BCUT2D eigenvalue weighted by Crippen LogP contribution is -2.34. The van der Waals surface area contributed by atoms with Gasteiger partial charge in [0.15, 0.2) is 5.13 Å². The van der Waals surface area contributed by atoms with Crippen molar-refractivity contribution in [1.82, 2.24) is 9.88 Å². The van der Waals surface area contributed by atoms with Crippen molar-refractivity contribution < 1.29 is 4.79 Å². The maximum atomic E-state index is 12.1. The topological polar surface area (TPSA) is 36.4 Å². The molecule has 3 heterocycles. The van der Waals surface area contributed by atoms with E-state index in [9.17, 15) is 4.79 Å². The molecule has 0 N–H and O–H groups in total. The van der Waals surface area contributed by atoms with Crippen molar-refractivity contribution in [2.24, 2.45) is 11.8 Å². The highest BCUT2D eigenvalue weighted by Gasteiger charge is 2.48. The predicted molar refractivity (Wildman–Crippen MR) is 87.9 cm³/mol. The highest BCUT2D eigenvalue weighted by Crippen LogP contribution is 2.46. The molecule has 4 nitrogen and oxygen atoms in total. The zero-order valence-corrected chi connectivity index (χ0v) is 13.4. The molecule has 1 aromatic heterocycles. The molecule has 0 unspecified atom stereocenters. The van der Waals surface area contributed by atoms with Gasteiger partial charge in [-0.25, -0.2) is 4.98 Å². The fourth-order valence-electron chi connectivity index (χ4n) is 3.97. The third kappa shape index (κ3) is 2.20. The Hall–Kier alpha value is -1.88.